The van der Waals surface area contributed by atoms with Gasteiger partial charge in [-0.05, 0) is 54.1 Å². The molecule has 6 aromatic rings. The molecule has 0 saturated carbocycles. The van der Waals surface area contributed by atoms with Crippen LogP contribution >= 0.6 is 7.75 Å². The molecule has 3 heterocycles. The normalized spacial score (nSPS) is 18.4. The molecule has 4 aromatic carbocycles. The van der Waals surface area contributed by atoms with Crippen molar-refractivity contribution in [3.8, 4) is 0 Å². The van der Waals surface area contributed by atoms with Crippen LogP contribution < -0.4 is 16.1 Å². The summed E-state index contributed by atoms with van der Waals surface area (Å²) in [6, 6.07) is 31.7. The molecule has 1 aliphatic rings. The van der Waals surface area contributed by atoms with Crippen molar-refractivity contribution in [2.24, 2.45) is 0 Å². The third-order valence-electron chi connectivity index (χ3n) is 9.84. The van der Waals surface area contributed by atoms with Gasteiger partial charge in [-0.3, -0.25) is 23.2 Å². The second kappa shape index (κ2) is 20.2. The first-order valence-electron chi connectivity index (χ1n) is 19.6. The number of nitrogens with one attached hydrogen (secondary N) is 3. The van der Waals surface area contributed by atoms with Crippen molar-refractivity contribution in [3.63, 3.8) is 0 Å². The lowest BCUT2D eigenvalue weighted by molar-refractivity contribution is -0.142. The van der Waals surface area contributed by atoms with Crippen LogP contribution in [0.1, 0.15) is 42.9 Å². The Labute approximate surface area is 360 Å². The smallest absolute Gasteiger partial charge is 0.406 e. The largest absolute Gasteiger partial charge is 0.468 e. The zero-order chi connectivity index (χ0) is 44.3. The lowest BCUT2D eigenvalue weighted by atomic mass is 10.1. The molecule has 17 nitrogen and oxygen atoms in total. The van der Waals surface area contributed by atoms with Gasteiger partial charge in [0.2, 0.25) is 0 Å². The summed E-state index contributed by atoms with van der Waals surface area (Å²) >= 11 is 0. The number of amides is 1. The fraction of sp³-hybridized carbons (Fsp3) is 0.200. The molecule has 324 valence electrons. The van der Waals surface area contributed by atoms with Crippen LogP contribution in [0, 0.1) is 0 Å². The molecule has 1 fully saturated rings. The number of carbonyl (C=O) groups excluding carboxylic acids is 4. The van der Waals surface area contributed by atoms with Gasteiger partial charge in [0.15, 0.2) is 18.4 Å². The minimum Gasteiger partial charge on any atom is -0.468 e. The molecule has 63 heavy (non-hydrogen) atoms. The highest BCUT2D eigenvalue weighted by molar-refractivity contribution is 7.51. The lowest BCUT2D eigenvalue weighted by Crippen LogP contribution is -2.43. The Kier molecular flexibility index (Phi) is 14.2. The van der Waals surface area contributed by atoms with Crippen molar-refractivity contribution in [2.75, 3.05) is 25.6 Å². The fourth-order valence-corrected chi connectivity index (χ4v) is 8.24. The number of anilines is 1. The number of esters is 3. The highest BCUT2D eigenvalue weighted by Gasteiger charge is 2.52. The predicted molar refractivity (Wildman–Crippen MR) is 229 cm³/mol. The maximum Gasteiger partial charge on any atom is 0.406 e. The molecule has 1 saturated heterocycles. The van der Waals surface area contributed by atoms with Crippen molar-refractivity contribution in [1.82, 2.24) is 19.6 Å². The number of hydrogen-bond donors (Lipinski definition) is 3. The van der Waals surface area contributed by atoms with Crippen LogP contribution in [0.4, 0.5) is 5.82 Å². The zero-order valence-electron chi connectivity index (χ0n) is 33.7. The molecule has 1 amide bonds. The van der Waals surface area contributed by atoms with Crippen LogP contribution in [0.15, 0.2) is 151 Å². The monoisotopic (exact) mass is 875 g/mol. The van der Waals surface area contributed by atoms with Gasteiger partial charge in [-0.2, -0.15) is 4.98 Å². The number of aromatic amines is 1. The summed E-state index contributed by atoms with van der Waals surface area (Å²) in [6.45, 7) is 2.66. The Balaban J connectivity index is 1.22. The van der Waals surface area contributed by atoms with Gasteiger partial charge in [0.1, 0.15) is 18.0 Å². The SMILES string of the molecule is C=CCOP(=O)(N[C@@H](Cc1c[nH]c2ccccc12)C(=O)OC)OC[C@H]1O[C@@H](n2ccc(NC(=O)c3ccccc3)nc2=O)[C@H](OC(=O)c2ccccc2)[C@@H]1OC(=O)c1ccccc1. The summed E-state index contributed by atoms with van der Waals surface area (Å²) < 4.78 is 50.7. The van der Waals surface area contributed by atoms with E-state index in [4.69, 9.17) is 28.0 Å². The van der Waals surface area contributed by atoms with Crippen LogP contribution in [0.2, 0.25) is 0 Å². The Morgan fingerprint density at radius 3 is 2.06 bits per heavy atom. The molecule has 3 N–H and O–H groups in total. The summed E-state index contributed by atoms with van der Waals surface area (Å²) in [4.78, 5) is 74.5. The predicted octanol–water partition coefficient (Wildman–Crippen LogP) is 6.03. The summed E-state index contributed by atoms with van der Waals surface area (Å²) in [7, 11) is -3.35. The van der Waals surface area contributed by atoms with Crippen molar-refractivity contribution < 1.29 is 51.7 Å². The van der Waals surface area contributed by atoms with E-state index in [2.05, 4.69) is 27.0 Å². The minimum atomic E-state index is -4.53. The summed E-state index contributed by atoms with van der Waals surface area (Å²) in [5.41, 5.74) is 1.15. The first kappa shape index (κ1) is 44.1. The van der Waals surface area contributed by atoms with E-state index in [1.807, 2.05) is 24.3 Å². The number of ether oxygens (including phenoxy) is 4. The Bertz CT molecular complexity index is 2680. The van der Waals surface area contributed by atoms with Crippen LogP contribution in [-0.2, 0) is 43.8 Å². The molecule has 0 bridgehead atoms. The van der Waals surface area contributed by atoms with Crippen LogP contribution in [0.3, 0.4) is 0 Å². The number of rotatable bonds is 18. The number of fused-ring (bicyclic) bond motifs is 1. The van der Waals surface area contributed by atoms with E-state index < -0.39 is 74.4 Å². The van der Waals surface area contributed by atoms with Crippen molar-refractivity contribution in [2.45, 2.75) is 37.0 Å². The molecule has 0 radical (unpaired) electrons. The number of carbonyl (C=O) groups is 4. The molecule has 18 heteroatoms. The summed E-state index contributed by atoms with van der Waals surface area (Å²) in [6.07, 6.45) is -1.76. The molecule has 1 unspecified atom stereocenters. The molecule has 7 rings (SSSR count). The van der Waals surface area contributed by atoms with Gasteiger partial charge in [0.05, 0.1) is 31.5 Å². The van der Waals surface area contributed by atoms with Gasteiger partial charge < -0.3 is 29.2 Å². The van der Waals surface area contributed by atoms with Gasteiger partial charge in [-0.1, -0.05) is 78.9 Å². The van der Waals surface area contributed by atoms with Crippen molar-refractivity contribution in [3.05, 3.63) is 179 Å². The van der Waals surface area contributed by atoms with Crippen LogP contribution in [-0.4, -0.2) is 83.0 Å². The van der Waals surface area contributed by atoms with E-state index in [0.717, 1.165) is 15.5 Å². The summed E-state index contributed by atoms with van der Waals surface area (Å²) in [5, 5.41) is 6.09. The molecular formula is C45H42N5O12P. The van der Waals surface area contributed by atoms with E-state index >= 15 is 0 Å². The van der Waals surface area contributed by atoms with Crippen LogP contribution in [0.25, 0.3) is 10.9 Å². The van der Waals surface area contributed by atoms with E-state index in [1.54, 1.807) is 72.9 Å². The van der Waals surface area contributed by atoms with E-state index in [-0.39, 0.29) is 30.0 Å². The third-order valence-corrected chi connectivity index (χ3v) is 11.4. The van der Waals surface area contributed by atoms with Crippen LogP contribution in [0.5, 0.6) is 0 Å². The second-order valence-corrected chi connectivity index (χ2v) is 15.8. The first-order valence-corrected chi connectivity index (χ1v) is 21.1. The average Bonchev–Trinajstić information content (AvgIpc) is 3.88. The maximum atomic E-state index is 14.6. The molecule has 6 atom stereocenters. The van der Waals surface area contributed by atoms with Gasteiger partial charge in [-0.15, -0.1) is 6.58 Å². The van der Waals surface area contributed by atoms with Gasteiger partial charge in [0, 0.05) is 35.3 Å². The maximum absolute atomic E-state index is 14.6. The van der Waals surface area contributed by atoms with Crippen molar-refractivity contribution >= 4 is 48.3 Å². The lowest BCUT2D eigenvalue weighted by Gasteiger charge is -2.27. The molecule has 0 spiro atoms. The Hall–Kier alpha value is -7.01. The van der Waals surface area contributed by atoms with Crippen molar-refractivity contribution in [1.29, 1.82) is 0 Å². The number of aromatic nitrogens is 3. The van der Waals surface area contributed by atoms with E-state index in [9.17, 15) is 28.5 Å². The number of nitrogens with zero attached hydrogens (tertiary/aromatic N) is 2. The molecule has 2 aromatic heterocycles. The highest BCUT2D eigenvalue weighted by atomic mass is 31.2. The zero-order valence-corrected chi connectivity index (χ0v) is 34.6. The number of para-hydroxylation sites is 1. The van der Waals surface area contributed by atoms with Gasteiger partial charge >= 0.3 is 31.3 Å². The first-order chi connectivity index (χ1) is 30.6. The summed E-state index contributed by atoms with van der Waals surface area (Å²) in [5.74, 6) is -3.10. The average molecular weight is 876 g/mol. The topological polar surface area (TPSA) is 215 Å². The van der Waals surface area contributed by atoms with Gasteiger partial charge in [-0.25, -0.2) is 24.0 Å². The molecule has 1 aliphatic heterocycles. The standard InChI is InChI=1S/C45H42N5O12P/c1-3-25-58-63(56,49-35(44(54)57-2)26-32-27-46-34-22-14-13-21-33(32)34)59-28-36-38(61-42(52)30-17-9-5-10-18-30)39(62-43(53)31-19-11-6-12-20-31)41(60-36)50-24-23-37(48-45(50)55)47-40(51)29-15-7-4-8-16-29/h3-24,27,35-36,38-39,41,46H,1,25-26,28H2,2H3,(H,49,56)(H,47,48,51,55)/t35-,36+,38+,39+,41+,63?/m0/s1. The number of hydrogen-bond acceptors (Lipinski definition) is 13. The molecule has 0 aliphatic carbocycles. The fourth-order valence-electron chi connectivity index (χ4n) is 6.79. The number of benzene rings is 4. The number of H-pyrrole nitrogens is 1. The highest BCUT2D eigenvalue weighted by Crippen LogP contribution is 2.46. The Morgan fingerprint density at radius 2 is 1.44 bits per heavy atom. The van der Waals surface area contributed by atoms with E-state index in [1.165, 1.54) is 49.7 Å². The molecular weight excluding hydrogens is 833 g/mol. The number of methoxy groups -OCH3 is 1. The Morgan fingerprint density at radius 1 is 0.841 bits per heavy atom. The third kappa shape index (κ3) is 10.7. The minimum absolute atomic E-state index is 0.00394. The second-order valence-electron chi connectivity index (χ2n) is 14.0. The van der Waals surface area contributed by atoms with Gasteiger partial charge in [0.25, 0.3) is 5.91 Å². The van der Waals surface area contributed by atoms with E-state index in [0.29, 0.717) is 11.1 Å². The quantitative estimate of drug-likeness (QED) is 0.0390.